The first-order chi connectivity index (χ1) is 11.6. The first-order valence-electron chi connectivity index (χ1n) is 9.28. The summed E-state index contributed by atoms with van der Waals surface area (Å²) in [5, 5.41) is 1.98. The molecule has 0 amide bonds. The largest absolute Gasteiger partial charge is 0.311 e. The number of rotatable bonds is 4. The minimum Gasteiger partial charge on any atom is -0.311 e. The van der Waals surface area contributed by atoms with Crippen molar-refractivity contribution in [3.8, 4) is 0 Å². The molecule has 1 aromatic heterocycles. The van der Waals surface area contributed by atoms with E-state index in [4.69, 9.17) is 0 Å². The van der Waals surface area contributed by atoms with Gasteiger partial charge in [-0.2, -0.15) is 0 Å². The number of nitrogens with zero attached hydrogens (tertiary/aromatic N) is 2. The third-order valence-corrected chi connectivity index (χ3v) is 5.42. The summed E-state index contributed by atoms with van der Waals surface area (Å²) in [7, 11) is 0. The molecule has 1 unspecified atom stereocenters. The molecule has 2 heterocycles. The van der Waals surface area contributed by atoms with Crippen LogP contribution in [0.3, 0.4) is 0 Å². The molecule has 2 aliphatic rings. The lowest BCUT2D eigenvalue weighted by molar-refractivity contribution is 0.181. The van der Waals surface area contributed by atoms with Crippen LogP contribution in [-0.2, 0) is 0 Å². The van der Waals surface area contributed by atoms with Crippen molar-refractivity contribution in [3.63, 3.8) is 0 Å². The minimum absolute atomic E-state index is 0.180. The van der Waals surface area contributed by atoms with Gasteiger partial charge in [0.15, 0.2) is 0 Å². The fourth-order valence-corrected chi connectivity index (χ4v) is 4.09. The highest BCUT2D eigenvalue weighted by atomic mass is 16.1. The Kier molecular flexibility index (Phi) is 4.21. The molecule has 24 heavy (non-hydrogen) atoms. The van der Waals surface area contributed by atoms with Crippen molar-refractivity contribution >= 4 is 10.8 Å². The molecular weight excluding hydrogens is 296 g/mol. The van der Waals surface area contributed by atoms with Gasteiger partial charge in [-0.1, -0.05) is 26.0 Å². The number of benzene rings is 1. The standard InChI is InChI=1S/C21H27N2O/c1-15(2)13-22-10-3-4-19(14-22)23-11-9-18-12-17(16-5-6-16)7-8-20(18)21(23)24/h7-9,11-12,16,19H,3-6,10,13-14H2,1-2H3. The minimum atomic E-state index is 0.180. The second-order valence-corrected chi connectivity index (χ2v) is 7.89. The van der Waals surface area contributed by atoms with Gasteiger partial charge >= 0.3 is 0 Å². The van der Waals surface area contributed by atoms with Crippen molar-refractivity contribution in [1.29, 1.82) is 0 Å². The summed E-state index contributed by atoms with van der Waals surface area (Å²) in [6, 6.07) is 8.87. The van der Waals surface area contributed by atoms with Crippen molar-refractivity contribution < 1.29 is 0 Å². The van der Waals surface area contributed by atoms with E-state index in [1.54, 1.807) is 0 Å². The fraction of sp³-hybridized carbons (Fsp3) is 0.524. The van der Waals surface area contributed by atoms with Crippen LogP contribution in [0, 0.1) is 5.92 Å². The first kappa shape index (κ1) is 15.9. The number of pyridine rings is 1. The van der Waals surface area contributed by atoms with Crippen molar-refractivity contribution in [2.24, 2.45) is 0 Å². The molecule has 1 aliphatic heterocycles. The zero-order valence-corrected chi connectivity index (χ0v) is 14.8. The Morgan fingerprint density at radius 2 is 2.00 bits per heavy atom. The van der Waals surface area contributed by atoms with E-state index < -0.39 is 0 Å². The molecule has 1 radical (unpaired) electrons. The first-order valence-corrected chi connectivity index (χ1v) is 9.28. The lowest BCUT2D eigenvalue weighted by Crippen LogP contribution is -2.40. The fourth-order valence-electron chi connectivity index (χ4n) is 4.09. The molecule has 3 heteroatoms. The molecule has 2 fully saturated rings. The van der Waals surface area contributed by atoms with Crippen LogP contribution < -0.4 is 5.56 Å². The molecule has 0 N–H and O–H groups in total. The highest BCUT2D eigenvalue weighted by Crippen LogP contribution is 2.40. The average Bonchev–Trinajstić information content (AvgIpc) is 3.39. The number of likely N-dealkylation sites (tertiary alicyclic amines) is 1. The van der Waals surface area contributed by atoms with Gasteiger partial charge < -0.3 is 9.47 Å². The third kappa shape index (κ3) is 3.14. The van der Waals surface area contributed by atoms with Crippen LogP contribution in [-0.4, -0.2) is 29.1 Å². The van der Waals surface area contributed by atoms with Crippen molar-refractivity contribution in [1.82, 2.24) is 9.47 Å². The second-order valence-electron chi connectivity index (χ2n) is 7.89. The van der Waals surface area contributed by atoms with E-state index >= 15 is 0 Å². The summed E-state index contributed by atoms with van der Waals surface area (Å²) in [6.07, 6.45) is 6.90. The smallest absolute Gasteiger partial charge is 0.258 e. The molecule has 0 bridgehead atoms. The van der Waals surface area contributed by atoms with Gasteiger partial charge in [0.2, 0.25) is 0 Å². The van der Waals surface area contributed by atoms with E-state index in [0.29, 0.717) is 6.04 Å². The van der Waals surface area contributed by atoms with E-state index in [0.717, 1.165) is 42.7 Å². The number of fused-ring (bicyclic) bond motifs is 1. The summed E-state index contributed by atoms with van der Waals surface area (Å²) in [6.45, 7) is 7.54. The molecule has 0 spiro atoms. The quantitative estimate of drug-likeness (QED) is 0.845. The van der Waals surface area contributed by atoms with E-state index in [1.165, 1.54) is 30.7 Å². The number of aromatic nitrogens is 1. The highest BCUT2D eigenvalue weighted by Gasteiger charge is 2.25. The van der Waals surface area contributed by atoms with Gasteiger partial charge in [0.25, 0.3) is 5.56 Å². The lowest BCUT2D eigenvalue weighted by atomic mass is 10.0. The topological polar surface area (TPSA) is 25.2 Å². The van der Waals surface area contributed by atoms with Gasteiger partial charge in [-0.25, -0.2) is 0 Å². The normalized spacial score (nSPS) is 22.4. The third-order valence-electron chi connectivity index (χ3n) is 5.42. The second kappa shape index (κ2) is 6.36. The Hall–Kier alpha value is -1.61. The molecule has 1 saturated carbocycles. The zero-order valence-electron chi connectivity index (χ0n) is 14.8. The van der Waals surface area contributed by atoms with E-state index in [1.807, 2.05) is 16.8 Å². The van der Waals surface area contributed by atoms with Gasteiger partial charge in [0, 0.05) is 30.7 Å². The molecule has 1 aromatic carbocycles. The van der Waals surface area contributed by atoms with Crippen molar-refractivity contribution in [2.75, 3.05) is 19.6 Å². The summed E-state index contributed by atoms with van der Waals surface area (Å²) < 4.78 is 1.98. The molecule has 1 atom stereocenters. The summed E-state index contributed by atoms with van der Waals surface area (Å²) in [5.41, 5.74) is 1.58. The SMILES string of the molecule is C[C](C)CN1CCCC(n2ccc3cc(C4CC4)ccc3c2=O)C1. The van der Waals surface area contributed by atoms with E-state index in [9.17, 15) is 4.79 Å². The average molecular weight is 323 g/mol. The number of hydrogen-bond donors (Lipinski definition) is 0. The van der Waals surface area contributed by atoms with Crippen LogP contribution in [0.4, 0.5) is 0 Å². The number of hydrogen-bond acceptors (Lipinski definition) is 2. The molecule has 1 saturated heterocycles. The predicted octanol–water partition coefficient (Wildman–Crippen LogP) is 4.13. The Bertz CT molecular complexity index is 788. The van der Waals surface area contributed by atoms with Gasteiger partial charge in [-0.05, 0) is 67.1 Å². The molecule has 1 aliphatic carbocycles. The summed E-state index contributed by atoms with van der Waals surface area (Å²) in [4.78, 5) is 15.5. The molecule has 127 valence electrons. The van der Waals surface area contributed by atoms with Crippen LogP contribution in [0.2, 0.25) is 0 Å². The van der Waals surface area contributed by atoms with Crippen LogP contribution in [0.15, 0.2) is 35.3 Å². The molecule has 4 rings (SSSR count). The monoisotopic (exact) mass is 323 g/mol. The van der Waals surface area contributed by atoms with Gasteiger partial charge in [-0.15, -0.1) is 0 Å². The van der Waals surface area contributed by atoms with Gasteiger partial charge in [0.05, 0.1) is 0 Å². The Morgan fingerprint density at radius 3 is 2.75 bits per heavy atom. The van der Waals surface area contributed by atoms with Crippen molar-refractivity contribution in [3.05, 3.63) is 52.3 Å². The van der Waals surface area contributed by atoms with Crippen LogP contribution in [0.25, 0.3) is 10.8 Å². The maximum Gasteiger partial charge on any atom is 0.258 e. The molecule has 3 nitrogen and oxygen atoms in total. The van der Waals surface area contributed by atoms with E-state index in [-0.39, 0.29) is 5.56 Å². The summed E-state index contributed by atoms with van der Waals surface area (Å²) >= 11 is 0. The van der Waals surface area contributed by atoms with Crippen LogP contribution in [0.1, 0.15) is 57.1 Å². The Labute approximate surface area is 144 Å². The molecular formula is C21H27N2O. The maximum absolute atomic E-state index is 13.0. The maximum atomic E-state index is 13.0. The summed E-state index contributed by atoms with van der Waals surface area (Å²) in [5.74, 6) is 2.17. The predicted molar refractivity (Wildman–Crippen MR) is 99.5 cm³/mol. The highest BCUT2D eigenvalue weighted by molar-refractivity contribution is 5.82. The zero-order chi connectivity index (χ0) is 16.7. The van der Waals surface area contributed by atoms with Crippen LogP contribution >= 0.6 is 0 Å². The number of piperidine rings is 1. The van der Waals surface area contributed by atoms with E-state index in [2.05, 4.69) is 36.9 Å². The van der Waals surface area contributed by atoms with Gasteiger partial charge in [0.1, 0.15) is 0 Å². The lowest BCUT2D eigenvalue weighted by Gasteiger charge is -2.34. The van der Waals surface area contributed by atoms with Gasteiger partial charge in [-0.3, -0.25) is 4.79 Å². The van der Waals surface area contributed by atoms with Crippen molar-refractivity contribution in [2.45, 2.75) is 51.5 Å². The Balaban J connectivity index is 1.63. The molecule has 2 aromatic rings. The Morgan fingerprint density at radius 1 is 1.17 bits per heavy atom. The van der Waals surface area contributed by atoms with Crippen LogP contribution in [0.5, 0.6) is 0 Å².